The Morgan fingerprint density at radius 1 is 1.14 bits per heavy atom. The lowest BCUT2D eigenvalue weighted by Gasteiger charge is -2.13. The monoisotopic (exact) mass is 555 g/mol. The lowest BCUT2D eigenvalue weighted by atomic mass is 10.2. The average molecular weight is 558 g/mol. The molecule has 0 atom stereocenters. The molecule has 2 aromatic carbocycles. The van der Waals surface area contributed by atoms with E-state index in [2.05, 4.69) is 37.2 Å². The van der Waals surface area contributed by atoms with Crippen LogP contribution in [0.15, 0.2) is 50.2 Å². The van der Waals surface area contributed by atoms with Gasteiger partial charge in [-0.2, -0.15) is 8.42 Å². The van der Waals surface area contributed by atoms with E-state index in [1.165, 1.54) is 12.1 Å². The van der Waals surface area contributed by atoms with Crippen molar-refractivity contribution in [2.24, 2.45) is 5.73 Å². The van der Waals surface area contributed by atoms with Crippen molar-refractivity contribution < 1.29 is 17.3 Å². The lowest BCUT2D eigenvalue weighted by molar-refractivity contribution is 0.318. The number of halogens is 3. The van der Waals surface area contributed by atoms with Crippen LogP contribution in [-0.2, 0) is 20.8 Å². The number of nitrogens with two attached hydrogens (primary N) is 1. The van der Waals surface area contributed by atoms with Gasteiger partial charge in [0.15, 0.2) is 5.96 Å². The van der Waals surface area contributed by atoms with Crippen molar-refractivity contribution >= 4 is 60.3 Å². The Labute approximate surface area is 187 Å². The molecule has 0 radical (unpaired) electrons. The fourth-order valence-electron chi connectivity index (χ4n) is 2.03. The SMILES string of the molecule is CCCOS(=O)(=O)c1ccc(Br)c(Oc2ccc(CNC(=N)N)cc2Br)c1.Cl. The Bertz CT molecular complexity index is 942. The maximum atomic E-state index is 12.2. The number of guanidine groups is 1. The third-order valence-electron chi connectivity index (χ3n) is 3.33. The second-order valence-corrected chi connectivity index (χ2v) is 8.83. The minimum atomic E-state index is -3.84. The van der Waals surface area contributed by atoms with Crippen molar-refractivity contribution in [1.82, 2.24) is 5.32 Å². The summed E-state index contributed by atoms with van der Waals surface area (Å²) in [6.07, 6.45) is 0.594. The summed E-state index contributed by atoms with van der Waals surface area (Å²) in [5.41, 5.74) is 6.17. The van der Waals surface area contributed by atoms with Gasteiger partial charge < -0.3 is 15.8 Å². The van der Waals surface area contributed by atoms with Gasteiger partial charge in [0.2, 0.25) is 0 Å². The van der Waals surface area contributed by atoms with Gasteiger partial charge >= 0.3 is 0 Å². The summed E-state index contributed by atoms with van der Waals surface area (Å²) < 4.78 is 36.5. The van der Waals surface area contributed by atoms with E-state index in [0.29, 0.717) is 33.4 Å². The van der Waals surface area contributed by atoms with Gasteiger partial charge in [-0.15, -0.1) is 12.4 Å². The highest BCUT2D eigenvalue weighted by Gasteiger charge is 2.18. The third-order valence-corrected chi connectivity index (χ3v) is 5.92. The first kappa shape index (κ1) is 24.7. The van der Waals surface area contributed by atoms with E-state index in [1.54, 1.807) is 12.1 Å². The van der Waals surface area contributed by atoms with E-state index in [0.717, 1.165) is 5.56 Å². The maximum absolute atomic E-state index is 12.2. The Morgan fingerprint density at radius 2 is 1.86 bits per heavy atom. The molecule has 0 aliphatic carbocycles. The minimum absolute atomic E-state index is 0. The largest absolute Gasteiger partial charge is 0.455 e. The molecule has 0 saturated heterocycles. The Balaban J connectivity index is 0.00000392. The molecule has 28 heavy (non-hydrogen) atoms. The van der Waals surface area contributed by atoms with E-state index < -0.39 is 10.1 Å². The van der Waals surface area contributed by atoms with Crippen LogP contribution in [0.1, 0.15) is 18.9 Å². The van der Waals surface area contributed by atoms with Crippen LogP contribution >= 0.6 is 44.3 Å². The highest BCUT2D eigenvalue weighted by atomic mass is 79.9. The van der Waals surface area contributed by atoms with Crippen LogP contribution in [0.4, 0.5) is 0 Å². The highest BCUT2D eigenvalue weighted by molar-refractivity contribution is 9.11. The van der Waals surface area contributed by atoms with E-state index >= 15 is 0 Å². The molecule has 0 spiro atoms. The molecule has 0 fully saturated rings. The Morgan fingerprint density at radius 3 is 2.46 bits per heavy atom. The predicted molar refractivity (Wildman–Crippen MR) is 118 cm³/mol. The van der Waals surface area contributed by atoms with E-state index in [4.69, 9.17) is 20.1 Å². The minimum Gasteiger partial charge on any atom is -0.455 e. The third kappa shape index (κ3) is 6.93. The van der Waals surface area contributed by atoms with Crippen LogP contribution in [0.25, 0.3) is 0 Å². The molecule has 0 saturated carbocycles. The maximum Gasteiger partial charge on any atom is 0.297 e. The molecule has 7 nitrogen and oxygen atoms in total. The fraction of sp³-hybridized carbons (Fsp3) is 0.235. The van der Waals surface area contributed by atoms with Crippen LogP contribution in [0, 0.1) is 5.41 Å². The van der Waals surface area contributed by atoms with Crippen molar-refractivity contribution in [3.63, 3.8) is 0 Å². The Hall–Kier alpha value is -1.33. The zero-order valence-electron chi connectivity index (χ0n) is 14.9. The van der Waals surface area contributed by atoms with Crippen molar-refractivity contribution in [3.8, 4) is 11.5 Å². The molecule has 11 heteroatoms. The van der Waals surface area contributed by atoms with Gasteiger partial charge in [-0.1, -0.05) is 13.0 Å². The number of ether oxygens (including phenoxy) is 1. The molecule has 154 valence electrons. The first-order valence-electron chi connectivity index (χ1n) is 7.96. The quantitative estimate of drug-likeness (QED) is 0.250. The molecule has 4 N–H and O–H groups in total. The number of nitrogens with one attached hydrogen (secondary N) is 2. The topological polar surface area (TPSA) is 115 Å². The Kier molecular flexibility index (Phi) is 9.72. The van der Waals surface area contributed by atoms with Gasteiger partial charge in [-0.3, -0.25) is 9.59 Å². The van der Waals surface area contributed by atoms with Crippen molar-refractivity contribution in [2.75, 3.05) is 6.61 Å². The standard InChI is InChI=1S/C17H19Br2N3O4S.ClH/c1-2-7-25-27(23,24)12-4-5-13(18)16(9-12)26-15-6-3-11(8-14(15)19)10-22-17(20)21;/h3-6,8-9H,2,7,10H2,1H3,(H4,20,21,22);1H. The number of hydrogen-bond acceptors (Lipinski definition) is 5. The normalized spacial score (nSPS) is 10.8. The average Bonchev–Trinajstić information content (AvgIpc) is 2.61. The van der Waals surface area contributed by atoms with Gasteiger partial charge in [-0.05, 0) is 68.1 Å². The molecule has 0 heterocycles. The van der Waals surface area contributed by atoms with Crippen LogP contribution < -0.4 is 15.8 Å². The summed E-state index contributed by atoms with van der Waals surface area (Å²) >= 11 is 6.80. The van der Waals surface area contributed by atoms with Gasteiger partial charge in [-0.25, -0.2) is 0 Å². The van der Waals surface area contributed by atoms with E-state index in [9.17, 15) is 8.42 Å². The predicted octanol–water partition coefficient (Wildman–Crippen LogP) is 4.52. The summed E-state index contributed by atoms with van der Waals surface area (Å²) in [7, 11) is -3.84. The second-order valence-electron chi connectivity index (χ2n) is 5.50. The summed E-state index contributed by atoms with van der Waals surface area (Å²) in [6, 6.07) is 9.83. The van der Waals surface area contributed by atoms with Gasteiger partial charge in [0.1, 0.15) is 11.5 Å². The highest BCUT2D eigenvalue weighted by Crippen LogP contribution is 2.36. The smallest absolute Gasteiger partial charge is 0.297 e. The second kappa shape index (κ2) is 11.0. The summed E-state index contributed by atoms with van der Waals surface area (Å²) in [5.74, 6) is 0.733. The molecule has 2 aromatic rings. The summed E-state index contributed by atoms with van der Waals surface area (Å²) in [5, 5.41) is 9.91. The number of benzene rings is 2. The molecular weight excluding hydrogens is 538 g/mol. The molecular formula is C17H20Br2ClN3O4S. The van der Waals surface area contributed by atoms with E-state index in [1.807, 2.05) is 19.1 Å². The molecule has 2 rings (SSSR count). The molecule has 0 bridgehead atoms. The summed E-state index contributed by atoms with van der Waals surface area (Å²) in [6.45, 7) is 2.36. The number of rotatable bonds is 8. The number of hydrogen-bond donors (Lipinski definition) is 3. The van der Waals surface area contributed by atoms with Crippen LogP contribution in [0.2, 0.25) is 0 Å². The molecule has 0 amide bonds. The van der Waals surface area contributed by atoms with Crippen molar-refractivity contribution in [1.29, 1.82) is 5.41 Å². The fourth-order valence-corrected chi connectivity index (χ4v) is 3.87. The molecule has 0 aliphatic heterocycles. The zero-order valence-corrected chi connectivity index (χ0v) is 19.7. The zero-order chi connectivity index (χ0) is 20.0. The first-order valence-corrected chi connectivity index (χ1v) is 11.0. The van der Waals surface area contributed by atoms with E-state index in [-0.39, 0.29) is 29.9 Å². The van der Waals surface area contributed by atoms with Crippen LogP contribution in [0.5, 0.6) is 11.5 Å². The lowest BCUT2D eigenvalue weighted by Crippen LogP contribution is -2.29. The first-order chi connectivity index (χ1) is 12.7. The summed E-state index contributed by atoms with van der Waals surface area (Å²) in [4.78, 5) is 0.0209. The van der Waals surface area contributed by atoms with Gasteiger partial charge in [0.05, 0.1) is 20.4 Å². The van der Waals surface area contributed by atoms with Crippen LogP contribution in [0.3, 0.4) is 0 Å². The van der Waals surface area contributed by atoms with Crippen molar-refractivity contribution in [2.45, 2.75) is 24.8 Å². The van der Waals surface area contributed by atoms with Gasteiger partial charge in [0, 0.05) is 12.6 Å². The molecule has 0 aliphatic rings. The van der Waals surface area contributed by atoms with Crippen LogP contribution in [-0.4, -0.2) is 21.0 Å². The molecule has 0 unspecified atom stereocenters. The van der Waals surface area contributed by atoms with Crippen molar-refractivity contribution in [3.05, 3.63) is 50.9 Å². The van der Waals surface area contributed by atoms with Gasteiger partial charge in [0.25, 0.3) is 10.1 Å². The molecule has 0 aromatic heterocycles.